The quantitative estimate of drug-likeness (QED) is 0.842. The Kier molecular flexibility index (Phi) is 5.78. The molecule has 1 aromatic carbocycles. The Hall–Kier alpha value is -0.740. The lowest BCUT2D eigenvalue weighted by Gasteiger charge is -2.29. The number of halogens is 1. The second-order valence-electron chi connectivity index (χ2n) is 4.19. The van der Waals surface area contributed by atoms with Crippen molar-refractivity contribution >= 4 is 17.4 Å². The van der Waals surface area contributed by atoms with Gasteiger partial charge in [0.25, 0.3) is 0 Å². The van der Waals surface area contributed by atoms with Gasteiger partial charge in [0.2, 0.25) is 0 Å². The number of thioether (sulfide) groups is 1. The highest BCUT2D eigenvalue weighted by atomic mass is 32.2. The second-order valence-corrected chi connectivity index (χ2v) is 5.10. The van der Waals surface area contributed by atoms with Crippen LogP contribution in [-0.2, 0) is 6.54 Å². The smallest absolute Gasteiger partial charge is 0.146 e. The average molecular weight is 256 g/mol. The molecule has 0 radical (unpaired) electrons. The molecule has 0 aliphatic heterocycles. The summed E-state index contributed by atoms with van der Waals surface area (Å²) in [6.07, 6.45) is 2.07. The van der Waals surface area contributed by atoms with Gasteiger partial charge in [-0.25, -0.2) is 4.39 Å². The van der Waals surface area contributed by atoms with Gasteiger partial charge < -0.3 is 10.2 Å². The van der Waals surface area contributed by atoms with Crippen LogP contribution in [0.1, 0.15) is 12.5 Å². The van der Waals surface area contributed by atoms with Crippen LogP contribution in [0.2, 0.25) is 0 Å². The predicted molar refractivity (Wildman–Crippen MR) is 75.4 cm³/mol. The summed E-state index contributed by atoms with van der Waals surface area (Å²) >= 11 is 1.78. The lowest BCUT2D eigenvalue weighted by Crippen LogP contribution is -2.32. The van der Waals surface area contributed by atoms with Crippen molar-refractivity contribution in [3.63, 3.8) is 0 Å². The molecule has 0 saturated heterocycles. The molecule has 2 nitrogen and oxygen atoms in total. The van der Waals surface area contributed by atoms with E-state index >= 15 is 0 Å². The van der Waals surface area contributed by atoms with Crippen molar-refractivity contribution in [2.45, 2.75) is 19.5 Å². The van der Waals surface area contributed by atoms with Crippen LogP contribution in [0, 0.1) is 5.82 Å². The molecule has 0 heterocycles. The number of para-hydroxylation sites is 1. The summed E-state index contributed by atoms with van der Waals surface area (Å²) in [7, 11) is 3.83. The first-order chi connectivity index (χ1) is 8.11. The minimum atomic E-state index is -0.145. The minimum absolute atomic E-state index is 0.145. The fraction of sp³-hybridized carbons (Fsp3) is 0.538. The monoisotopic (exact) mass is 256 g/mol. The van der Waals surface area contributed by atoms with Gasteiger partial charge in [-0.15, -0.1) is 0 Å². The van der Waals surface area contributed by atoms with Crippen LogP contribution in [0.3, 0.4) is 0 Å². The molecule has 4 heteroatoms. The van der Waals surface area contributed by atoms with Gasteiger partial charge in [-0.1, -0.05) is 12.1 Å². The Bertz CT molecular complexity index is 357. The molecule has 0 aliphatic carbocycles. The highest BCUT2D eigenvalue weighted by molar-refractivity contribution is 7.98. The third kappa shape index (κ3) is 3.61. The first kappa shape index (κ1) is 14.3. The van der Waals surface area contributed by atoms with Gasteiger partial charge in [-0.05, 0) is 31.9 Å². The Morgan fingerprint density at radius 3 is 2.76 bits per heavy atom. The number of anilines is 1. The third-order valence-electron chi connectivity index (χ3n) is 2.86. The molecule has 0 spiro atoms. The summed E-state index contributed by atoms with van der Waals surface area (Å²) in [4.78, 5) is 2.03. The number of hydrogen-bond acceptors (Lipinski definition) is 3. The third-order valence-corrected chi connectivity index (χ3v) is 3.68. The van der Waals surface area contributed by atoms with Crippen molar-refractivity contribution in [1.82, 2.24) is 5.32 Å². The molecule has 1 aromatic rings. The molecule has 96 valence electrons. The van der Waals surface area contributed by atoms with E-state index in [1.807, 2.05) is 25.1 Å². The summed E-state index contributed by atoms with van der Waals surface area (Å²) < 4.78 is 13.9. The molecule has 0 amide bonds. The molecule has 0 saturated carbocycles. The lowest BCUT2D eigenvalue weighted by atomic mass is 10.1. The molecule has 0 bridgehead atoms. The van der Waals surface area contributed by atoms with Gasteiger partial charge in [0.05, 0.1) is 5.69 Å². The first-order valence-corrected chi connectivity index (χ1v) is 7.15. The topological polar surface area (TPSA) is 15.3 Å². The zero-order chi connectivity index (χ0) is 12.8. The van der Waals surface area contributed by atoms with Gasteiger partial charge in [-0.3, -0.25) is 0 Å². The van der Waals surface area contributed by atoms with E-state index in [2.05, 4.69) is 18.5 Å². The van der Waals surface area contributed by atoms with Crippen molar-refractivity contribution in [3.05, 3.63) is 29.6 Å². The van der Waals surface area contributed by atoms with Gasteiger partial charge >= 0.3 is 0 Å². The summed E-state index contributed by atoms with van der Waals surface area (Å²) in [6, 6.07) is 5.57. The maximum atomic E-state index is 13.9. The van der Waals surface area contributed by atoms with Crippen molar-refractivity contribution in [2.24, 2.45) is 0 Å². The van der Waals surface area contributed by atoms with E-state index in [-0.39, 0.29) is 5.82 Å². The number of rotatable bonds is 6. The summed E-state index contributed by atoms with van der Waals surface area (Å²) in [5, 5.41) is 3.08. The summed E-state index contributed by atoms with van der Waals surface area (Å²) in [5.74, 6) is 0.845. The van der Waals surface area contributed by atoms with Crippen LogP contribution >= 0.6 is 11.8 Å². The van der Waals surface area contributed by atoms with Gasteiger partial charge in [0.1, 0.15) is 5.82 Å². The van der Waals surface area contributed by atoms with E-state index in [1.54, 1.807) is 17.8 Å². The van der Waals surface area contributed by atoms with E-state index in [4.69, 9.17) is 0 Å². The molecule has 0 aliphatic rings. The van der Waals surface area contributed by atoms with Crippen LogP contribution < -0.4 is 10.2 Å². The zero-order valence-corrected chi connectivity index (χ0v) is 11.8. The minimum Gasteiger partial charge on any atom is -0.368 e. The van der Waals surface area contributed by atoms with Crippen LogP contribution in [0.4, 0.5) is 10.1 Å². The van der Waals surface area contributed by atoms with Gasteiger partial charge in [0.15, 0.2) is 0 Å². The highest BCUT2D eigenvalue weighted by Crippen LogP contribution is 2.25. The van der Waals surface area contributed by atoms with Crippen LogP contribution in [0.5, 0.6) is 0 Å². The van der Waals surface area contributed by atoms with Crippen molar-refractivity contribution in [1.29, 1.82) is 0 Å². The number of benzene rings is 1. The maximum absolute atomic E-state index is 13.9. The van der Waals surface area contributed by atoms with E-state index in [0.29, 0.717) is 18.3 Å². The average Bonchev–Trinajstić information content (AvgIpc) is 2.29. The van der Waals surface area contributed by atoms with Crippen molar-refractivity contribution in [2.75, 3.05) is 31.0 Å². The van der Waals surface area contributed by atoms with Gasteiger partial charge in [0, 0.05) is 25.4 Å². The summed E-state index contributed by atoms with van der Waals surface area (Å²) in [6.45, 7) is 2.80. The fourth-order valence-corrected chi connectivity index (χ4v) is 2.57. The normalized spacial score (nSPS) is 12.5. The molecule has 0 fully saturated rings. The number of hydrogen-bond donors (Lipinski definition) is 1. The van der Waals surface area contributed by atoms with Crippen molar-refractivity contribution < 1.29 is 4.39 Å². The number of nitrogens with zero attached hydrogens (tertiary/aromatic N) is 1. The zero-order valence-electron chi connectivity index (χ0n) is 11.0. The fourth-order valence-electron chi connectivity index (χ4n) is 1.86. The summed E-state index contributed by atoms with van der Waals surface area (Å²) in [5.41, 5.74) is 1.71. The maximum Gasteiger partial charge on any atom is 0.146 e. The van der Waals surface area contributed by atoms with Crippen LogP contribution in [0.25, 0.3) is 0 Å². The highest BCUT2D eigenvalue weighted by Gasteiger charge is 2.16. The Morgan fingerprint density at radius 1 is 1.47 bits per heavy atom. The molecule has 1 rings (SSSR count). The molecule has 17 heavy (non-hydrogen) atoms. The number of nitrogens with one attached hydrogen (secondary N) is 1. The van der Waals surface area contributed by atoms with E-state index in [9.17, 15) is 4.39 Å². The van der Waals surface area contributed by atoms with Crippen LogP contribution in [0.15, 0.2) is 18.2 Å². The first-order valence-electron chi connectivity index (χ1n) is 5.75. The largest absolute Gasteiger partial charge is 0.368 e. The predicted octanol–water partition coefficient (Wildman–Crippen LogP) is 2.73. The Balaban J connectivity index is 3.01. The molecule has 1 N–H and O–H groups in total. The standard InChI is InChI=1S/C13H21FN2S/c1-10(9-17-4)16(3)13-11(8-15-2)6-5-7-12(13)14/h5-7,10,15H,8-9H2,1-4H3. The van der Waals surface area contributed by atoms with Crippen LogP contribution in [-0.4, -0.2) is 32.1 Å². The van der Waals surface area contributed by atoms with E-state index < -0.39 is 0 Å². The molecular formula is C13H21FN2S. The molecular weight excluding hydrogens is 235 g/mol. The van der Waals surface area contributed by atoms with Crippen molar-refractivity contribution in [3.8, 4) is 0 Å². The van der Waals surface area contributed by atoms with Gasteiger partial charge in [-0.2, -0.15) is 11.8 Å². The molecule has 0 aromatic heterocycles. The second kappa shape index (κ2) is 6.87. The van der Waals surface area contributed by atoms with E-state index in [1.165, 1.54) is 6.07 Å². The Labute approximate surface area is 108 Å². The van der Waals surface area contributed by atoms with E-state index in [0.717, 1.165) is 11.3 Å². The SMILES string of the molecule is CNCc1cccc(F)c1N(C)C(C)CSC. The Morgan fingerprint density at radius 2 is 2.18 bits per heavy atom. The molecule has 1 unspecified atom stereocenters. The lowest BCUT2D eigenvalue weighted by molar-refractivity contribution is 0.609. The molecule has 1 atom stereocenters.